The molecule has 0 bridgehead atoms. The lowest BCUT2D eigenvalue weighted by molar-refractivity contribution is -0.105. The normalized spacial score (nSPS) is 9.90. The van der Waals surface area contributed by atoms with Gasteiger partial charge < -0.3 is 10.1 Å². The maximum absolute atomic E-state index is 13.6. The maximum atomic E-state index is 13.6. The first-order valence-corrected chi connectivity index (χ1v) is 5.84. The van der Waals surface area contributed by atoms with Gasteiger partial charge in [-0.3, -0.25) is 4.79 Å². The van der Waals surface area contributed by atoms with E-state index in [9.17, 15) is 14.0 Å². The Balaban J connectivity index is 2.45. The number of hydrogen-bond donors (Lipinski definition) is 1. The maximum Gasteiger partial charge on any atom is 0.340 e. The van der Waals surface area contributed by atoms with Crippen LogP contribution in [0, 0.1) is 5.82 Å². The standard InChI is InChI=1S/C15H12FNO3/c1-20-15(19)13-8-11(5-6-14(13)16)10-3-2-4-12(7-10)17-9-18/h2-9H,1H3,(H,17,18). The van der Waals surface area contributed by atoms with Crippen LogP contribution in [0.4, 0.5) is 10.1 Å². The molecule has 0 aromatic heterocycles. The summed E-state index contributed by atoms with van der Waals surface area (Å²) in [7, 11) is 1.20. The van der Waals surface area contributed by atoms with Gasteiger partial charge in [0.15, 0.2) is 0 Å². The third kappa shape index (κ3) is 2.83. The molecule has 0 fully saturated rings. The Labute approximate surface area is 115 Å². The van der Waals surface area contributed by atoms with Crippen LogP contribution in [0.15, 0.2) is 42.5 Å². The molecule has 0 atom stereocenters. The lowest BCUT2D eigenvalue weighted by Gasteiger charge is -2.07. The highest BCUT2D eigenvalue weighted by molar-refractivity contribution is 5.91. The van der Waals surface area contributed by atoms with Gasteiger partial charge in [0.1, 0.15) is 5.82 Å². The molecule has 0 spiro atoms. The number of hydrogen-bond acceptors (Lipinski definition) is 3. The Morgan fingerprint density at radius 3 is 2.65 bits per heavy atom. The van der Waals surface area contributed by atoms with Crippen molar-refractivity contribution < 1.29 is 18.7 Å². The number of benzene rings is 2. The summed E-state index contributed by atoms with van der Waals surface area (Å²) in [5.74, 6) is -1.37. The molecule has 5 heteroatoms. The van der Waals surface area contributed by atoms with Crippen molar-refractivity contribution in [2.75, 3.05) is 12.4 Å². The Morgan fingerprint density at radius 1 is 1.20 bits per heavy atom. The first-order chi connectivity index (χ1) is 9.65. The smallest absolute Gasteiger partial charge is 0.340 e. The molecule has 0 radical (unpaired) electrons. The highest BCUT2D eigenvalue weighted by atomic mass is 19.1. The van der Waals surface area contributed by atoms with Crippen molar-refractivity contribution in [3.8, 4) is 11.1 Å². The largest absolute Gasteiger partial charge is 0.465 e. The number of esters is 1. The van der Waals surface area contributed by atoms with Crippen LogP contribution < -0.4 is 5.32 Å². The fourth-order valence-electron chi connectivity index (χ4n) is 1.83. The molecule has 2 aromatic carbocycles. The van der Waals surface area contributed by atoms with Gasteiger partial charge in [-0.25, -0.2) is 9.18 Å². The summed E-state index contributed by atoms with van der Waals surface area (Å²) >= 11 is 0. The summed E-state index contributed by atoms with van der Waals surface area (Å²) < 4.78 is 18.1. The molecular formula is C15H12FNO3. The van der Waals surface area contributed by atoms with Crippen LogP contribution in [0.25, 0.3) is 11.1 Å². The van der Waals surface area contributed by atoms with E-state index in [0.717, 1.165) is 5.56 Å². The molecule has 4 nitrogen and oxygen atoms in total. The Bertz CT molecular complexity index is 655. The van der Waals surface area contributed by atoms with E-state index < -0.39 is 11.8 Å². The monoisotopic (exact) mass is 273 g/mol. The van der Waals surface area contributed by atoms with Gasteiger partial charge >= 0.3 is 5.97 Å². The van der Waals surface area contributed by atoms with Crippen LogP contribution in [0.1, 0.15) is 10.4 Å². The van der Waals surface area contributed by atoms with Crippen LogP contribution in [0.3, 0.4) is 0 Å². The molecule has 0 unspecified atom stereocenters. The number of carbonyl (C=O) groups excluding carboxylic acids is 2. The molecular weight excluding hydrogens is 261 g/mol. The lowest BCUT2D eigenvalue weighted by atomic mass is 10.0. The van der Waals surface area contributed by atoms with Gasteiger partial charge in [-0.2, -0.15) is 0 Å². The molecule has 1 amide bonds. The molecule has 0 aliphatic carbocycles. The van der Waals surface area contributed by atoms with E-state index >= 15 is 0 Å². The van der Waals surface area contributed by atoms with Gasteiger partial charge in [0.25, 0.3) is 0 Å². The number of halogens is 1. The van der Waals surface area contributed by atoms with E-state index in [2.05, 4.69) is 10.1 Å². The number of carbonyl (C=O) groups is 2. The van der Waals surface area contributed by atoms with Crippen LogP contribution in [-0.4, -0.2) is 19.5 Å². The van der Waals surface area contributed by atoms with E-state index in [1.54, 1.807) is 30.3 Å². The Kier molecular flexibility index (Phi) is 4.10. The van der Waals surface area contributed by atoms with Crippen LogP contribution >= 0.6 is 0 Å². The first kappa shape index (κ1) is 13.7. The second-order valence-corrected chi connectivity index (χ2v) is 4.03. The molecule has 0 saturated heterocycles. The zero-order chi connectivity index (χ0) is 14.5. The quantitative estimate of drug-likeness (QED) is 0.688. The predicted molar refractivity (Wildman–Crippen MR) is 72.9 cm³/mol. The van der Waals surface area contributed by atoms with Crippen molar-refractivity contribution in [3.05, 3.63) is 53.8 Å². The number of rotatable bonds is 4. The van der Waals surface area contributed by atoms with E-state index in [1.807, 2.05) is 0 Å². The third-order valence-electron chi connectivity index (χ3n) is 2.79. The lowest BCUT2D eigenvalue weighted by Crippen LogP contribution is -2.04. The average molecular weight is 273 g/mol. The van der Waals surface area contributed by atoms with Gasteiger partial charge in [0.2, 0.25) is 6.41 Å². The second kappa shape index (κ2) is 5.97. The fraction of sp³-hybridized carbons (Fsp3) is 0.0667. The molecule has 2 rings (SSSR count). The summed E-state index contributed by atoms with van der Waals surface area (Å²) in [5, 5.41) is 2.53. The van der Waals surface area contributed by atoms with Crippen molar-refractivity contribution in [1.29, 1.82) is 0 Å². The molecule has 20 heavy (non-hydrogen) atoms. The number of anilines is 1. The zero-order valence-electron chi connectivity index (χ0n) is 10.7. The van der Waals surface area contributed by atoms with Gasteiger partial charge in [0, 0.05) is 5.69 Å². The highest BCUT2D eigenvalue weighted by Crippen LogP contribution is 2.25. The fourth-order valence-corrected chi connectivity index (χ4v) is 1.83. The minimum atomic E-state index is -0.730. The summed E-state index contributed by atoms with van der Waals surface area (Å²) in [5.41, 5.74) is 1.89. The molecule has 0 heterocycles. The van der Waals surface area contributed by atoms with Crippen LogP contribution in [0.5, 0.6) is 0 Å². The average Bonchev–Trinajstić information content (AvgIpc) is 2.47. The van der Waals surface area contributed by atoms with Crippen LogP contribution in [-0.2, 0) is 9.53 Å². The van der Waals surface area contributed by atoms with Crippen molar-refractivity contribution in [2.24, 2.45) is 0 Å². The van der Waals surface area contributed by atoms with Gasteiger partial charge in [-0.15, -0.1) is 0 Å². The summed E-state index contributed by atoms with van der Waals surface area (Å²) in [6.07, 6.45) is 0.573. The molecule has 1 N–H and O–H groups in total. The number of nitrogens with one attached hydrogen (secondary N) is 1. The topological polar surface area (TPSA) is 55.4 Å². The Morgan fingerprint density at radius 2 is 1.95 bits per heavy atom. The van der Waals surface area contributed by atoms with Crippen molar-refractivity contribution in [2.45, 2.75) is 0 Å². The molecule has 0 saturated carbocycles. The predicted octanol–water partition coefficient (Wildman–Crippen LogP) is 2.85. The molecule has 102 valence electrons. The Hall–Kier alpha value is -2.69. The molecule has 0 aliphatic rings. The van der Waals surface area contributed by atoms with E-state index in [4.69, 9.17) is 0 Å². The van der Waals surface area contributed by atoms with E-state index in [0.29, 0.717) is 17.7 Å². The number of ether oxygens (including phenoxy) is 1. The van der Waals surface area contributed by atoms with E-state index in [1.165, 1.54) is 19.2 Å². The minimum Gasteiger partial charge on any atom is -0.465 e. The second-order valence-electron chi connectivity index (χ2n) is 4.03. The molecule has 2 aromatic rings. The third-order valence-corrected chi connectivity index (χ3v) is 2.79. The number of methoxy groups -OCH3 is 1. The van der Waals surface area contributed by atoms with Crippen LogP contribution in [0.2, 0.25) is 0 Å². The van der Waals surface area contributed by atoms with Crippen molar-refractivity contribution >= 4 is 18.1 Å². The first-order valence-electron chi connectivity index (χ1n) is 5.84. The van der Waals surface area contributed by atoms with Gasteiger partial charge in [-0.1, -0.05) is 18.2 Å². The molecule has 0 aliphatic heterocycles. The summed E-state index contributed by atoms with van der Waals surface area (Å²) in [4.78, 5) is 21.9. The zero-order valence-corrected chi connectivity index (χ0v) is 10.7. The van der Waals surface area contributed by atoms with Crippen molar-refractivity contribution in [1.82, 2.24) is 0 Å². The SMILES string of the molecule is COC(=O)c1cc(-c2cccc(NC=O)c2)ccc1F. The summed E-state index contributed by atoms with van der Waals surface area (Å²) in [6.45, 7) is 0. The number of amides is 1. The van der Waals surface area contributed by atoms with Gasteiger partial charge in [-0.05, 0) is 35.4 Å². The van der Waals surface area contributed by atoms with Gasteiger partial charge in [0.05, 0.1) is 12.7 Å². The summed E-state index contributed by atoms with van der Waals surface area (Å²) in [6, 6.07) is 11.2. The highest BCUT2D eigenvalue weighted by Gasteiger charge is 2.13. The van der Waals surface area contributed by atoms with E-state index in [-0.39, 0.29) is 5.56 Å². The van der Waals surface area contributed by atoms with Crippen molar-refractivity contribution in [3.63, 3.8) is 0 Å². The minimum absolute atomic E-state index is 0.126.